The van der Waals surface area contributed by atoms with E-state index in [1.165, 1.54) is 24.9 Å². The standard InChI is InChI=1S/C13H20N2/c1-10(2)15-8-4-5-13(15)12-7-6-11(3)14-9-12/h6-7,9-10,13H,4-5,8H2,1-3H3/t13-/m1/s1. The van der Waals surface area contributed by atoms with E-state index < -0.39 is 0 Å². The van der Waals surface area contributed by atoms with Crippen molar-refractivity contribution in [1.29, 1.82) is 0 Å². The van der Waals surface area contributed by atoms with Crippen LogP contribution in [0.5, 0.6) is 0 Å². The normalized spacial score (nSPS) is 22.5. The fourth-order valence-corrected chi connectivity index (χ4v) is 2.44. The molecule has 1 atom stereocenters. The first-order valence-electron chi connectivity index (χ1n) is 5.87. The third-order valence-corrected chi connectivity index (χ3v) is 3.28. The third kappa shape index (κ3) is 2.20. The van der Waals surface area contributed by atoms with Crippen LogP contribution in [0, 0.1) is 6.92 Å². The Bertz CT molecular complexity index is 316. The number of pyridine rings is 1. The van der Waals surface area contributed by atoms with Gasteiger partial charge < -0.3 is 0 Å². The minimum absolute atomic E-state index is 0.595. The molecule has 0 spiro atoms. The molecule has 0 bridgehead atoms. The Balaban J connectivity index is 2.19. The first-order chi connectivity index (χ1) is 7.18. The number of rotatable bonds is 2. The summed E-state index contributed by atoms with van der Waals surface area (Å²) >= 11 is 0. The van der Waals surface area contributed by atoms with Gasteiger partial charge in [-0.2, -0.15) is 0 Å². The Morgan fingerprint density at radius 1 is 1.40 bits per heavy atom. The van der Waals surface area contributed by atoms with Crippen LogP contribution in [0.2, 0.25) is 0 Å². The Hall–Kier alpha value is -0.890. The van der Waals surface area contributed by atoms with E-state index in [2.05, 4.69) is 35.9 Å². The lowest BCUT2D eigenvalue weighted by Crippen LogP contribution is -2.30. The zero-order chi connectivity index (χ0) is 10.8. The van der Waals surface area contributed by atoms with Gasteiger partial charge in [0.15, 0.2) is 0 Å². The van der Waals surface area contributed by atoms with Crippen molar-refractivity contribution >= 4 is 0 Å². The van der Waals surface area contributed by atoms with Crippen molar-refractivity contribution in [3.63, 3.8) is 0 Å². The molecule has 2 heterocycles. The molecular weight excluding hydrogens is 184 g/mol. The van der Waals surface area contributed by atoms with Crippen molar-refractivity contribution in [2.45, 2.75) is 45.7 Å². The molecule has 0 amide bonds. The average molecular weight is 204 g/mol. The van der Waals surface area contributed by atoms with Crippen molar-refractivity contribution < 1.29 is 0 Å². The molecule has 2 nitrogen and oxygen atoms in total. The van der Waals surface area contributed by atoms with Crippen molar-refractivity contribution in [2.24, 2.45) is 0 Å². The summed E-state index contributed by atoms with van der Waals surface area (Å²) in [4.78, 5) is 6.97. The maximum absolute atomic E-state index is 4.39. The van der Waals surface area contributed by atoms with Gasteiger partial charge in [-0.05, 0) is 51.8 Å². The summed E-state index contributed by atoms with van der Waals surface area (Å²) in [6.45, 7) is 7.83. The van der Waals surface area contributed by atoms with Gasteiger partial charge in [0.05, 0.1) is 0 Å². The maximum atomic E-state index is 4.39. The Kier molecular flexibility index (Phi) is 3.06. The van der Waals surface area contributed by atoms with Crippen LogP contribution in [0.3, 0.4) is 0 Å². The van der Waals surface area contributed by atoms with Gasteiger partial charge in [0.2, 0.25) is 0 Å². The largest absolute Gasteiger partial charge is 0.294 e. The first kappa shape index (κ1) is 10.6. The van der Waals surface area contributed by atoms with Crippen molar-refractivity contribution in [3.8, 4) is 0 Å². The van der Waals surface area contributed by atoms with Crippen molar-refractivity contribution in [2.75, 3.05) is 6.54 Å². The summed E-state index contributed by atoms with van der Waals surface area (Å²) in [6.07, 6.45) is 4.64. The third-order valence-electron chi connectivity index (χ3n) is 3.28. The lowest BCUT2D eigenvalue weighted by Gasteiger charge is -2.28. The lowest BCUT2D eigenvalue weighted by atomic mass is 10.1. The molecule has 2 heteroatoms. The summed E-state index contributed by atoms with van der Waals surface area (Å²) in [5, 5.41) is 0. The predicted octanol–water partition coefficient (Wildman–Crippen LogP) is 2.94. The lowest BCUT2D eigenvalue weighted by molar-refractivity contribution is 0.205. The predicted molar refractivity (Wildman–Crippen MR) is 62.8 cm³/mol. The van der Waals surface area contributed by atoms with Gasteiger partial charge in [0.1, 0.15) is 0 Å². The first-order valence-corrected chi connectivity index (χ1v) is 5.87. The molecule has 1 aromatic rings. The number of aryl methyl sites for hydroxylation is 1. The van der Waals surface area contributed by atoms with Gasteiger partial charge >= 0.3 is 0 Å². The minimum atomic E-state index is 0.595. The summed E-state index contributed by atoms with van der Waals surface area (Å²) in [5.41, 5.74) is 2.49. The topological polar surface area (TPSA) is 16.1 Å². The summed E-state index contributed by atoms with van der Waals surface area (Å²) in [7, 11) is 0. The monoisotopic (exact) mass is 204 g/mol. The molecule has 1 fully saturated rings. The fraction of sp³-hybridized carbons (Fsp3) is 0.615. The molecule has 2 rings (SSSR count). The molecule has 15 heavy (non-hydrogen) atoms. The van der Waals surface area contributed by atoms with Crippen LogP contribution in [0.25, 0.3) is 0 Å². The molecular formula is C13H20N2. The molecule has 0 N–H and O–H groups in total. The quantitative estimate of drug-likeness (QED) is 0.736. The molecule has 0 radical (unpaired) electrons. The highest BCUT2D eigenvalue weighted by Gasteiger charge is 2.27. The molecule has 0 unspecified atom stereocenters. The second kappa shape index (κ2) is 4.31. The fourth-order valence-electron chi connectivity index (χ4n) is 2.44. The van der Waals surface area contributed by atoms with E-state index >= 15 is 0 Å². The number of aromatic nitrogens is 1. The van der Waals surface area contributed by atoms with Crippen LogP contribution in [0.15, 0.2) is 18.3 Å². The SMILES string of the molecule is Cc1ccc([C@H]2CCCN2C(C)C)cn1. The molecule has 1 aliphatic heterocycles. The maximum Gasteiger partial charge on any atom is 0.0372 e. The summed E-state index contributed by atoms with van der Waals surface area (Å²) in [5.74, 6) is 0. The molecule has 1 saturated heterocycles. The van der Waals surface area contributed by atoms with E-state index in [1.54, 1.807) is 0 Å². The second-order valence-corrected chi connectivity index (χ2v) is 4.72. The van der Waals surface area contributed by atoms with Crippen LogP contribution in [0.1, 0.15) is 44.0 Å². The highest BCUT2D eigenvalue weighted by molar-refractivity contribution is 5.18. The van der Waals surface area contributed by atoms with E-state index in [-0.39, 0.29) is 0 Å². The smallest absolute Gasteiger partial charge is 0.0372 e. The van der Waals surface area contributed by atoms with Gasteiger partial charge in [-0.3, -0.25) is 9.88 Å². The zero-order valence-corrected chi connectivity index (χ0v) is 9.90. The molecule has 0 aliphatic carbocycles. The van der Waals surface area contributed by atoms with Crippen LogP contribution in [-0.4, -0.2) is 22.5 Å². The highest BCUT2D eigenvalue weighted by Crippen LogP contribution is 2.32. The number of hydrogen-bond donors (Lipinski definition) is 0. The van der Waals surface area contributed by atoms with Gasteiger partial charge in [-0.1, -0.05) is 6.07 Å². The molecule has 1 aliphatic rings. The molecule has 0 aromatic carbocycles. The number of nitrogens with zero attached hydrogens (tertiary/aromatic N) is 2. The highest BCUT2D eigenvalue weighted by atomic mass is 15.2. The van der Waals surface area contributed by atoms with Gasteiger partial charge in [-0.15, -0.1) is 0 Å². The molecule has 82 valence electrons. The van der Waals surface area contributed by atoms with Crippen LogP contribution in [0.4, 0.5) is 0 Å². The Morgan fingerprint density at radius 3 is 2.80 bits per heavy atom. The van der Waals surface area contributed by atoms with E-state index in [0.29, 0.717) is 12.1 Å². The van der Waals surface area contributed by atoms with Crippen molar-refractivity contribution in [3.05, 3.63) is 29.6 Å². The van der Waals surface area contributed by atoms with Gasteiger partial charge in [-0.25, -0.2) is 0 Å². The Morgan fingerprint density at radius 2 is 2.20 bits per heavy atom. The zero-order valence-electron chi connectivity index (χ0n) is 9.90. The summed E-state index contributed by atoms with van der Waals surface area (Å²) < 4.78 is 0. The number of hydrogen-bond acceptors (Lipinski definition) is 2. The van der Waals surface area contributed by atoms with E-state index in [4.69, 9.17) is 0 Å². The van der Waals surface area contributed by atoms with Crippen LogP contribution < -0.4 is 0 Å². The van der Waals surface area contributed by atoms with E-state index in [9.17, 15) is 0 Å². The minimum Gasteiger partial charge on any atom is -0.294 e. The van der Waals surface area contributed by atoms with Gasteiger partial charge in [0, 0.05) is 24.0 Å². The average Bonchev–Trinajstić information content (AvgIpc) is 2.67. The molecule has 0 saturated carbocycles. The van der Waals surface area contributed by atoms with Crippen LogP contribution in [-0.2, 0) is 0 Å². The van der Waals surface area contributed by atoms with Crippen molar-refractivity contribution in [1.82, 2.24) is 9.88 Å². The van der Waals surface area contributed by atoms with E-state index in [1.807, 2.05) is 13.1 Å². The summed E-state index contributed by atoms with van der Waals surface area (Å²) in [6, 6.07) is 5.58. The van der Waals surface area contributed by atoms with Gasteiger partial charge in [0.25, 0.3) is 0 Å². The Labute approximate surface area is 92.3 Å². The number of likely N-dealkylation sites (tertiary alicyclic amines) is 1. The second-order valence-electron chi connectivity index (χ2n) is 4.72. The molecule has 1 aromatic heterocycles. The van der Waals surface area contributed by atoms with Crippen LogP contribution >= 0.6 is 0 Å². The van der Waals surface area contributed by atoms with E-state index in [0.717, 1.165) is 5.69 Å².